The summed E-state index contributed by atoms with van der Waals surface area (Å²) in [5, 5.41) is 4.35. The van der Waals surface area contributed by atoms with Crippen LogP contribution in [0.1, 0.15) is 32.9 Å². The van der Waals surface area contributed by atoms with Crippen LogP contribution in [0.25, 0.3) is 0 Å². The van der Waals surface area contributed by atoms with Crippen LogP contribution in [0.3, 0.4) is 0 Å². The fraction of sp³-hybridized carbons (Fsp3) is 0.727. The summed E-state index contributed by atoms with van der Waals surface area (Å²) in [4.78, 5) is 0. The first kappa shape index (κ1) is 11.6. The second kappa shape index (κ2) is 4.35. The van der Waals surface area contributed by atoms with Crippen molar-refractivity contribution in [1.82, 2.24) is 9.78 Å². The van der Waals surface area contributed by atoms with Gasteiger partial charge in [0.15, 0.2) is 0 Å². The van der Waals surface area contributed by atoms with E-state index in [0.29, 0.717) is 0 Å². The van der Waals surface area contributed by atoms with Gasteiger partial charge in [0.1, 0.15) is 0 Å². The monoisotopic (exact) mass is 214 g/mol. The molecule has 14 heavy (non-hydrogen) atoms. The fourth-order valence-corrected chi connectivity index (χ4v) is 1.46. The summed E-state index contributed by atoms with van der Waals surface area (Å²) in [5.41, 5.74) is 1.43. The molecule has 80 valence electrons. The smallest absolute Gasteiger partial charge is 0.0492 e. The lowest BCUT2D eigenvalue weighted by Gasteiger charge is -2.24. The summed E-state index contributed by atoms with van der Waals surface area (Å²) < 4.78 is 1.91. The molecule has 0 aliphatic rings. The van der Waals surface area contributed by atoms with Crippen molar-refractivity contribution in [3.05, 3.63) is 18.0 Å². The molecule has 0 fully saturated rings. The largest absolute Gasteiger partial charge is 0.273 e. The van der Waals surface area contributed by atoms with Gasteiger partial charge in [0, 0.05) is 24.3 Å². The summed E-state index contributed by atoms with van der Waals surface area (Å²) in [6.07, 6.45) is 3.84. The third-order valence-electron chi connectivity index (χ3n) is 2.52. The van der Waals surface area contributed by atoms with Crippen molar-refractivity contribution in [2.24, 2.45) is 12.5 Å². The highest BCUT2D eigenvalue weighted by molar-refractivity contribution is 6.21. The van der Waals surface area contributed by atoms with E-state index in [9.17, 15) is 0 Å². The van der Waals surface area contributed by atoms with Gasteiger partial charge in [-0.25, -0.2) is 0 Å². The molecule has 0 aliphatic carbocycles. The second-order valence-electron chi connectivity index (χ2n) is 4.82. The SMILES string of the molecule is Cn1nccc1CCC(Cl)C(C)(C)C. The van der Waals surface area contributed by atoms with Crippen molar-refractivity contribution >= 4 is 11.6 Å². The first-order valence-electron chi connectivity index (χ1n) is 5.02. The molecule has 0 saturated heterocycles. The van der Waals surface area contributed by atoms with E-state index in [1.807, 2.05) is 24.0 Å². The van der Waals surface area contributed by atoms with Gasteiger partial charge in [0.2, 0.25) is 0 Å². The molecule has 2 nitrogen and oxygen atoms in total. The van der Waals surface area contributed by atoms with Crippen LogP contribution in [-0.2, 0) is 13.5 Å². The molecule has 0 spiro atoms. The predicted octanol–water partition coefficient (Wildman–Crippen LogP) is 3.01. The molecule has 0 N–H and O–H groups in total. The third kappa shape index (κ3) is 3.02. The van der Waals surface area contributed by atoms with Crippen LogP contribution < -0.4 is 0 Å². The van der Waals surface area contributed by atoms with Crippen LogP contribution in [0.15, 0.2) is 12.3 Å². The molecule has 1 aromatic heterocycles. The van der Waals surface area contributed by atoms with E-state index in [-0.39, 0.29) is 10.8 Å². The zero-order valence-corrected chi connectivity index (χ0v) is 10.2. The average Bonchev–Trinajstić information content (AvgIpc) is 2.45. The molecule has 1 rings (SSSR count). The van der Waals surface area contributed by atoms with Crippen molar-refractivity contribution < 1.29 is 0 Å². The molecule has 1 heterocycles. The highest BCUT2D eigenvalue weighted by Crippen LogP contribution is 2.27. The summed E-state index contributed by atoms with van der Waals surface area (Å²) >= 11 is 6.30. The summed E-state index contributed by atoms with van der Waals surface area (Å²) in [5.74, 6) is 0. The first-order valence-corrected chi connectivity index (χ1v) is 5.46. The van der Waals surface area contributed by atoms with Crippen molar-refractivity contribution in [2.75, 3.05) is 0 Å². The molecule has 3 heteroatoms. The van der Waals surface area contributed by atoms with Crippen molar-refractivity contribution in [3.63, 3.8) is 0 Å². The second-order valence-corrected chi connectivity index (χ2v) is 5.35. The number of hydrogen-bond acceptors (Lipinski definition) is 1. The summed E-state index contributed by atoms with van der Waals surface area (Å²) in [6.45, 7) is 6.52. The Morgan fingerprint density at radius 3 is 2.57 bits per heavy atom. The van der Waals surface area contributed by atoms with Gasteiger partial charge in [-0.1, -0.05) is 20.8 Å². The van der Waals surface area contributed by atoms with Gasteiger partial charge in [-0.2, -0.15) is 5.10 Å². The van der Waals surface area contributed by atoms with Gasteiger partial charge in [-0.15, -0.1) is 11.6 Å². The molecular weight excluding hydrogens is 196 g/mol. The lowest BCUT2D eigenvalue weighted by Crippen LogP contribution is -2.21. The van der Waals surface area contributed by atoms with Gasteiger partial charge in [0.05, 0.1) is 0 Å². The number of halogens is 1. The lowest BCUT2D eigenvalue weighted by molar-refractivity contribution is 0.372. The molecule has 0 amide bonds. The molecule has 0 bridgehead atoms. The van der Waals surface area contributed by atoms with E-state index in [4.69, 9.17) is 11.6 Å². The molecule has 1 atom stereocenters. The maximum Gasteiger partial charge on any atom is 0.0492 e. The number of nitrogens with zero attached hydrogens (tertiary/aromatic N) is 2. The minimum Gasteiger partial charge on any atom is -0.273 e. The minimum absolute atomic E-state index is 0.181. The van der Waals surface area contributed by atoms with Crippen molar-refractivity contribution in [1.29, 1.82) is 0 Å². The van der Waals surface area contributed by atoms with Gasteiger partial charge in [-0.3, -0.25) is 4.68 Å². The Morgan fingerprint density at radius 2 is 2.14 bits per heavy atom. The molecule has 0 radical (unpaired) electrons. The van der Waals surface area contributed by atoms with Crippen LogP contribution in [-0.4, -0.2) is 15.2 Å². The average molecular weight is 215 g/mol. The van der Waals surface area contributed by atoms with Crippen LogP contribution in [0.2, 0.25) is 0 Å². The number of aromatic nitrogens is 2. The highest BCUT2D eigenvalue weighted by atomic mass is 35.5. The van der Waals surface area contributed by atoms with Crippen molar-refractivity contribution in [3.8, 4) is 0 Å². The van der Waals surface area contributed by atoms with Crippen LogP contribution in [0.4, 0.5) is 0 Å². The normalized spacial score (nSPS) is 14.4. The fourth-order valence-electron chi connectivity index (χ4n) is 1.35. The molecule has 1 aromatic rings. The molecular formula is C11H19ClN2. The maximum absolute atomic E-state index is 6.30. The number of hydrogen-bond donors (Lipinski definition) is 0. The van der Waals surface area contributed by atoms with E-state index in [1.165, 1.54) is 5.69 Å². The maximum atomic E-state index is 6.30. The van der Waals surface area contributed by atoms with Crippen LogP contribution in [0, 0.1) is 5.41 Å². The first-order chi connectivity index (χ1) is 6.41. The molecule has 1 unspecified atom stereocenters. The Bertz CT molecular complexity index is 286. The minimum atomic E-state index is 0.181. The van der Waals surface area contributed by atoms with E-state index in [2.05, 4.69) is 25.9 Å². The molecule has 0 aromatic carbocycles. The molecule has 0 saturated carbocycles. The van der Waals surface area contributed by atoms with Gasteiger partial charge < -0.3 is 0 Å². The Labute approximate surface area is 91.3 Å². The Kier molecular flexibility index (Phi) is 3.59. The molecule has 0 aliphatic heterocycles. The number of alkyl halides is 1. The summed E-state index contributed by atoms with van der Waals surface area (Å²) in [6, 6.07) is 2.05. The predicted molar refractivity (Wildman–Crippen MR) is 60.6 cm³/mol. The van der Waals surface area contributed by atoms with E-state index >= 15 is 0 Å². The Morgan fingerprint density at radius 1 is 1.50 bits per heavy atom. The number of aryl methyl sites for hydroxylation is 2. The van der Waals surface area contributed by atoms with Gasteiger partial charge in [0.25, 0.3) is 0 Å². The van der Waals surface area contributed by atoms with Crippen LogP contribution in [0.5, 0.6) is 0 Å². The van der Waals surface area contributed by atoms with E-state index in [1.54, 1.807) is 0 Å². The Hall–Kier alpha value is -0.500. The summed E-state index contributed by atoms with van der Waals surface area (Å²) in [7, 11) is 1.97. The standard InChI is InChI=1S/C11H19ClN2/c1-11(2,3)10(12)6-5-9-7-8-13-14(9)4/h7-8,10H,5-6H2,1-4H3. The van der Waals surface area contributed by atoms with Crippen molar-refractivity contribution in [2.45, 2.75) is 39.0 Å². The quantitative estimate of drug-likeness (QED) is 0.708. The van der Waals surface area contributed by atoms with Gasteiger partial charge in [-0.05, 0) is 24.3 Å². The Balaban J connectivity index is 2.46. The topological polar surface area (TPSA) is 17.8 Å². The number of rotatable bonds is 3. The van der Waals surface area contributed by atoms with E-state index in [0.717, 1.165) is 12.8 Å². The van der Waals surface area contributed by atoms with Crippen LogP contribution >= 0.6 is 11.6 Å². The zero-order chi connectivity index (χ0) is 10.8. The third-order valence-corrected chi connectivity index (χ3v) is 3.39. The van der Waals surface area contributed by atoms with E-state index < -0.39 is 0 Å². The van der Waals surface area contributed by atoms with Gasteiger partial charge >= 0.3 is 0 Å². The lowest BCUT2D eigenvalue weighted by atomic mass is 9.89. The zero-order valence-electron chi connectivity index (χ0n) is 9.42. The highest BCUT2D eigenvalue weighted by Gasteiger charge is 2.21.